The molecule has 0 bridgehead atoms. The van der Waals surface area contributed by atoms with Gasteiger partial charge >= 0.3 is 0 Å². The monoisotopic (exact) mass is 259 g/mol. The second-order valence-corrected chi connectivity index (χ2v) is 4.86. The molecule has 2 aromatic rings. The van der Waals surface area contributed by atoms with Crippen molar-refractivity contribution >= 4 is 0 Å². The number of aryl methyl sites for hydroxylation is 4. The van der Waals surface area contributed by atoms with Gasteiger partial charge in [-0.3, -0.25) is 0 Å². The summed E-state index contributed by atoms with van der Waals surface area (Å²) >= 11 is 0. The van der Waals surface area contributed by atoms with Crippen LogP contribution in [0.1, 0.15) is 35.2 Å². The third-order valence-electron chi connectivity index (χ3n) is 3.44. The first kappa shape index (κ1) is 13.7. The van der Waals surface area contributed by atoms with E-state index in [0.717, 1.165) is 30.1 Å². The molecule has 0 aliphatic rings. The quantitative estimate of drug-likeness (QED) is 0.888. The summed E-state index contributed by atoms with van der Waals surface area (Å²) in [5.41, 5.74) is 3.17. The van der Waals surface area contributed by atoms with Crippen LogP contribution in [-0.4, -0.2) is 26.8 Å². The molecule has 2 rings (SSSR count). The van der Waals surface area contributed by atoms with Crippen LogP contribution in [0.25, 0.3) is 0 Å². The Kier molecular flexibility index (Phi) is 4.27. The SMILES string of the molecule is CNC(CCc1nccn1C)c1cc(C)nnc1C. The van der Waals surface area contributed by atoms with Gasteiger partial charge in [0.05, 0.1) is 11.4 Å². The summed E-state index contributed by atoms with van der Waals surface area (Å²) in [6, 6.07) is 2.40. The zero-order valence-corrected chi connectivity index (χ0v) is 12.0. The van der Waals surface area contributed by atoms with Crippen molar-refractivity contribution in [3.05, 3.63) is 41.2 Å². The zero-order valence-electron chi connectivity index (χ0n) is 12.0. The Morgan fingerprint density at radius 3 is 2.74 bits per heavy atom. The first-order valence-electron chi connectivity index (χ1n) is 6.56. The molecule has 0 spiro atoms. The average Bonchev–Trinajstić information content (AvgIpc) is 2.80. The van der Waals surface area contributed by atoms with Gasteiger partial charge in [0.1, 0.15) is 5.82 Å². The van der Waals surface area contributed by atoms with E-state index in [1.165, 1.54) is 5.56 Å². The largest absolute Gasteiger partial charge is 0.338 e. The molecule has 1 N–H and O–H groups in total. The van der Waals surface area contributed by atoms with Crippen LogP contribution in [0, 0.1) is 13.8 Å². The summed E-state index contributed by atoms with van der Waals surface area (Å²) in [7, 11) is 4.01. The van der Waals surface area contributed by atoms with E-state index < -0.39 is 0 Å². The summed E-state index contributed by atoms with van der Waals surface area (Å²) in [5.74, 6) is 1.11. The van der Waals surface area contributed by atoms with Gasteiger partial charge in [-0.15, -0.1) is 0 Å². The number of hydrogen-bond acceptors (Lipinski definition) is 4. The number of nitrogens with one attached hydrogen (secondary N) is 1. The molecule has 2 heterocycles. The predicted molar refractivity (Wildman–Crippen MR) is 74.8 cm³/mol. The molecule has 0 amide bonds. The molecule has 0 aromatic carbocycles. The van der Waals surface area contributed by atoms with Gasteiger partial charge in [-0.2, -0.15) is 10.2 Å². The maximum atomic E-state index is 4.36. The van der Waals surface area contributed by atoms with Crippen molar-refractivity contribution < 1.29 is 0 Å². The first-order chi connectivity index (χ1) is 9.11. The van der Waals surface area contributed by atoms with Crippen molar-refractivity contribution in [2.75, 3.05) is 7.05 Å². The van der Waals surface area contributed by atoms with Gasteiger partial charge in [0.2, 0.25) is 0 Å². The van der Waals surface area contributed by atoms with Crippen LogP contribution in [0.2, 0.25) is 0 Å². The van der Waals surface area contributed by atoms with Crippen LogP contribution < -0.4 is 5.32 Å². The minimum atomic E-state index is 0.283. The highest BCUT2D eigenvalue weighted by Crippen LogP contribution is 2.20. The minimum Gasteiger partial charge on any atom is -0.338 e. The Bertz CT molecular complexity index is 547. The molecule has 5 heteroatoms. The molecule has 5 nitrogen and oxygen atoms in total. The fraction of sp³-hybridized carbons (Fsp3) is 0.500. The molecule has 2 aromatic heterocycles. The van der Waals surface area contributed by atoms with Crippen LogP contribution in [0.4, 0.5) is 0 Å². The van der Waals surface area contributed by atoms with Gasteiger partial charge in [0.15, 0.2) is 0 Å². The van der Waals surface area contributed by atoms with E-state index in [-0.39, 0.29) is 6.04 Å². The highest BCUT2D eigenvalue weighted by Gasteiger charge is 2.14. The molecular formula is C14H21N5. The number of aromatic nitrogens is 4. The molecule has 1 unspecified atom stereocenters. The van der Waals surface area contributed by atoms with Crippen molar-refractivity contribution in [2.45, 2.75) is 32.7 Å². The Morgan fingerprint density at radius 1 is 1.32 bits per heavy atom. The molecule has 0 radical (unpaired) electrons. The summed E-state index contributed by atoms with van der Waals surface area (Å²) in [6.07, 6.45) is 5.75. The van der Waals surface area contributed by atoms with Gasteiger partial charge < -0.3 is 9.88 Å². The molecule has 0 saturated carbocycles. The average molecular weight is 259 g/mol. The fourth-order valence-electron chi connectivity index (χ4n) is 2.29. The van der Waals surface area contributed by atoms with Gasteiger partial charge in [-0.05, 0) is 38.9 Å². The van der Waals surface area contributed by atoms with E-state index in [4.69, 9.17) is 0 Å². The summed E-state index contributed by atoms with van der Waals surface area (Å²) in [5, 5.41) is 11.6. The predicted octanol–water partition coefficient (Wildman–Crippen LogP) is 1.72. The molecule has 1 atom stereocenters. The Morgan fingerprint density at radius 2 is 2.11 bits per heavy atom. The topological polar surface area (TPSA) is 55.6 Å². The molecule has 0 fully saturated rings. The van der Waals surface area contributed by atoms with Crippen LogP contribution in [-0.2, 0) is 13.5 Å². The number of rotatable bonds is 5. The number of nitrogens with zero attached hydrogens (tertiary/aromatic N) is 4. The van der Waals surface area contributed by atoms with E-state index in [1.807, 2.05) is 40.3 Å². The maximum absolute atomic E-state index is 4.36. The Balaban J connectivity index is 2.12. The third-order valence-corrected chi connectivity index (χ3v) is 3.44. The molecular weight excluding hydrogens is 238 g/mol. The van der Waals surface area contributed by atoms with Gasteiger partial charge in [0, 0.05) is 31.9 Å². The lowest BCUT2D eigenvalue weighted by molar-refractivity contribution is 0.529. The highest BCUT2D eigenvalue weighted by molar-refractivity contribution is 5.23. The lowest BCUT2D eigenvalue weighted by Crippen LogP contribution is -2.19. The summed E-state index contributed by atoms with van der Waals surface area (Å²) in [6.45, 7) is 3.98. The zero-order chi connectivity index (χ0) is 13.8. The maximum Gasteiger partial charge on any atom is 0.108 e. The van der Waals surface area contributed by atoms with Crippen molar-refractivity contribution in [3.8, 4) is 0 Å². The van der Waals surface area contributed by atoms with Crippen molar-refractivity contribution in [3.63, 3.8) is 0 Å². The van der Waals surface area contributed by atoms with Gasteiger partial charge in [-0.1, -0.05) is 0 Å². The van der Waals surface area contributed by atoms with E-state index in [2.05, 4.69) is 31.1 Å². The molecule has 0 aliphatic carbocycles. The van der Waals surface area contributed by atoms with Crippen LogP contribution >= 0.6 is 0 Å². The third kappa shape index (κ3) is 3.17. The number of imidazole rings is 1. The standard InChI is InChI=1S/C14H21N5/c1-10-9-12(11(2)18-17-10)13(15-3)5-6-14-16-7-8-19(14)4/h7-9,13,15H,5-6H2,1-4H3. The van der Waals surface area contributed by atoms with Crippen LogP contribution in [0.5, 0.6) is 0 Å². The lowest BCUT2D eigenvalue weighted by atomic mass is 10.0. The van der Waals surface area contributed by atoms with E-state index in [1.54, 1.807) is 0 Å². The van der Waals surface area contributed by atoms with Gasteiger partial charge in [0.25, 0.3) is 0 Å². The second-order valence-electron chi connectivity index (χ2n) is 4.86. The minimum absolute atomic E-state index is 0.283. The summed E-state index contributed by atoms with van der Waals surface area (Å²) < 4.78 is 2.07. The van der Waals surface area contributed by atoms with E-state index in [9.17, 15) is 0 Å². The Labute approximate surface area is 114 Å². The lowest BCUT2D eigenvalue weighted by Gasteiger charge is -2.18. The molecule has 0 aliphatic heterocycles. The van der Waals surface area contributed by atoms with E-state index >= 15 is 0 Å². The molecule has 19 heavy (non-hydrogen) atoms. The second kappa shape index (κ2) is 5.93. The Hall–Kier alpha value is -1.75. The van der Waals surface area contributed by atoms with Crippen LogP contribution in [0.15, 0.2) is 18.5 Å². The van der Waals surface area contributed by atoms with Crippen molar-refractivity contribution in [1.82, 2.24) is 25.1 Å². The van der Waals surface area contributed by atoms with Crippen molar-refractivity contribution in [2.24, 2.45) is 7.05 Å². The van der Waals surface area contributed by atoms with Gasteiger partial charge in [-0.25, -0.2) is 4.98 Å². The van der Waals surface area contributed by atoms with E-state index in [0.29, 0.717) is 0 Å². The molecule has 0 saturated heterocycles. The first-order valence-corrected chi connectivity index (χ1v) is 6.56. The fourth-order valence-corrected chi connectivity index (χ4v) is 2.29. The van der Waals surface area contributed by atoms with Crippen molar-refractivity contribution in [1.29, 1.82) is 0 Å². The van der Waals surface area contributed by atoms with Crippen LogP contribution in [0.3, 0.4) is 0 Å². The smallest absolute Gasteiger partial charge is 0.108 e. The summed E-state index contributed by atoms with van der Waals surface area (Å²) in [4.78, 5) is 4.36. The number of hydrogen-bond donors (Lipinski definition) is 1. The highest BCUT2D eigenvalue weighted by atomic mass is 15.1. The molecule has 102 valence electrons. The normalized spacial score (nSPS) is 12.6.